The first-order valence-corrected chi connectivity index (χ1v) is 5.17. The summed E-state index contributed by atoms with van der Waals surface area (Å²) in [6.07, 6.45) is 1.22. The van der Waals surface area contributed by atoms with E-state index in [0.29, 0.717) is 12.8 Å². The van der Waals surface area contributed by atoms with Gasteiger partial charge in [0.15, 0.2) is 0 Å². The zero-order valence-electron chi connectivity index (χ0n) is 9.12. The van der Waals surface area contributed by atoms with Crippen LogP contribution in [0.3, 0.4) is 0 Å². The molecule has 1 amide bonds. The summed E-state index contributed by atoms with van der Waals surface area (Å²) in [5, 5.41) is 11.4. The molecular weight excluding hydrogens is 196 g/mol. The van der Waals surface area contributed by atoms with E-state index in [9.17, 15) is 9.59 Å². The van der Waals surface area contributed by atoms with Crippen LogP contribution in [0.5, 0.6) is 0 Å². The molecule has 1 aliphatic carbocycles. The molecule has 1 aliphatic rings. The smallest absolute Gasteiger partial charge is 0.329 e. The average Bonchev–Trinajstić information content (AvgIpc) is 2.84. The van der Waals surface area contributed by atoms with Gasteiger partial charge in [0, 0.05) is 12.5 Å². The lowest BCUT2D eigenvalue weighted by atomic mass is 10.0. The van der Waals surface area contributed by atoms with Crippen LogP contribution in [-0.2, 0) is 9.59 Å². The second kappa shape index (κ2) is 4.18. The van der Waals surface area contributed by atoms with Gasteiger partial charge in [-0.2, -0.15) is 0 Å². The quantitative estimate of drug-likeness (QED) is 0.605. The molecule has 86 valence electrons. The van der Waals surface area contributed by atoms with Gasteiger partial charge in [-0.05, 0) is 18.8 Å². The van der Waals surface area contributed by atoms with Crippen LogP contribution < -0.4 is 11.1 Å². The van der Waals surface area contributed by atoms with Crippen molar-refractivity contribution < 1.29 is 14.7 Å². The first kappa shape index (κ1) is 12.0. The largest absolute Gasteiger partial charge is 0.480 e. The number of nitrogens with two attached hydrogens (primary N) is 1. The van der Waals surface area contributed by atoms with Gasteiger partial charge in [-0.15, -0.1) is 0 Å². The lowest BCUT2D eigenvalue weighted by molar-refractivity contribution is -0.143. The zero-order chi connectivity index (χ0) is 11.6. The minimum Gasteiger partial charge on any atom is -0.480 e. The van der Waals surface area contributed by atoms with Crippen molar-refractivity contribution in [1.82, 2.24) is 5.32 Å². The Morgan fingerprint density at radius 1 is 1.47 bits per heavy atom. The van der Waals surface area contributed by atoms with Crippen molar-refractivity contribution in [2.75, 3.05) is 0 Å². The van der Waals surface area contributed by atoms with Crippen molar-refractivity contribution in [2.45, 2.75) is 44.7 Å². The van der Waals surface area contributed by atoms with Gasteiger partial charge in [0.1, 0.15) is 5.54 Å². The predicted molar refractivity (Wildman–Crippen MR) is 55.2 cm³/mol. The summed E-state index contributed by atoms with van der Waals surface area (Å²) in [4.78, 5) is 22.3. The molecule has 0 aliphatic heterocycles. The van der Waals surface area contributed by atoms with Crippen LogP contribution in [0, 0.1) is 5.92 Å². The SMILES string of the molecule is CC(C)C(N)CC(=O)NC1(C(=O)O)CC1. The number of hydrogen-bond donors (Lipinski definition) is 3. The molecule has 0 heterocycles. The third kappa shape index (κ3) is 2.92. The number of carboxylic acids is 1. The molecule has 1 unspecified atom stereocenters. The van der Waals surface area contributed by atoms with Crippen molar-refractivity contribution in [2.24, 2.45) is 11.7 Å². The summed E-state index contributed by atoms with van der Waals surface area (Å²) in [5.74, 6) is -0.999. The second-order valence-electron chi connectivity index (χ2n) is 4.55. The van der Waals surface area contributed by atoms with Gasteiger partial charge < -0.3 is 16.2 Å². The highest BCUT2D eigenvalue weighted by Crippen LogP contribution is 2.35. The third-order valence-electron chi connectivity index (χ3n) is 2.82. The van der Waals surface area contributed by atoms with Gasteiger partial charge in [0.2, 0.25) is 5.91 Å². The van der Waals surface area contributed by atoms with Crippen molar-refractivity contribution >= 4 is 11.9 Å². The van der Waals surface area contributed by atoms with E-state index in [1.54, 1.807) is 0 Å². The molecule has 0 saturated heterocycles. The highest BCUT2D eigenvalue weighted by atomic mass is 16.4. The lowest BCUT2D eigenvalue weighted by Gasteiger charge is -2.17. The molecule has 0 aromatic carbocycles. The van der Waals surface area contributed by atoms with Gasteiger partial charge in [-0.25, -0.2) is 4.79 Å². The molecule has 0 bridgehead atoms. The maximum Gasteiger partial charge on any atom is 0.329 e. The number of carbonyl (C=O) groups excluding carboxylic acids is 1. The zero-order valence-corrected chi connectivity index (χ0v) is 9.12. The summed E-state index contributed by atoms with van der Waals surface area (Å²) in [6, 6.07) is -0.213. The van der Waals surface area contributed by atoms with Crippen LogP contribution in [0.15, 0.2) is 0 Å². The van der Waals surface area contributed by atoms with E-state index in [1.807, 2.05) is 13.8 Å². The van der Waals surface area contributed by atoms with Crippen molar-refractivity contribution in [3.05, 3.63) is 0 Å². The lowest BCUT2D eigenvalue weighted by Crippen LogP contribution is -2.45. The molecule has 0 aromatic rings. The van der Waals surface area contributed by atoms with Gasteiger partial charge in [-0.1, -0.05) is 13.8 Å². The average molecular weight is 214 g/mol. The molecule has 5 heteroatoms. The summed E-state index contributed by atoms with van der Waals surface area (Å²) < 4.78 is 0. The molecule has 0 spiro atoms. The molecule has 1 atom stereocenters. The molecule has 1 rings (SSSR count). The van der Waals surface area contributed by atoms with Crippen LogP contribution in [0.25, 0.3) is 0 Å². The molecule has 1 saturated carbocycles. The Balaban J connectivity index is 2.40. The summed E-state index contributed by atoms with van der Waals surface area (Å²) in [5.41, 5.74) is 4.73. The Kier molecular flexibility index (Phi) is 3.34. The standard InChI is InChI=1S/C10H18N2O3/c1-6(2)7(11)5-8(13)12-10(3-4-10)9(14)15/h6-7H,3-5,11H2,1-2H3,(H,12,13)(H,14,15). The molecule has 0 aromatic heterocycles. The number of carboxylic acid groups (broad SMARTS) is 1. The normalized spacial score (nSPS) is 19.7. The second-order valence-corrected chi connectivity index (χ2v) is 4.55. The number of amides is 1. The molecule has 1 fully saturated rings. The van der Waals surface area contributed by atoms with Gasteiger partial charge in [0.25, 0.3) is 0 Å². The predicted octanol–water partition coefficient (Wildman–Crippen LogP) is 0.0932. The Morgan fingerprint density at radius 3 is 2.33 bits per heavy atom. The topological polar surface area (TPSA) is 92.4 Å². The fraction of sp³-hybridized carbons (Fsp3) is 0.800. The summed E-state index contributed by atoms with van der Waals surface area (Å²) in [7, 11) is 0. The number of carbonyl (C=O) groups is 2. The Morgan fingerprint density at radius 2 is 2.00 bits per heavy atom. The van der Waals surface area contributed by atoms with Crippen LogP contribution in [0.1, 0.15) is 33.1 Å². The monoisotopic (exact) mass is 214 g/mol. The number of hydrogen-bond acceptors (Lipinski definition) is 3. The molecular formula is C10H18N2O3. The van der Waals surface area contributed by atoms with Gasteiger partial charge in [0.05, 0.1) is 0 Å². The molecule has 0 radical (unpaired) electrons. The van der Waals surface area contributed by atoms with Crippen molar-refractivity contribution in [3.63, 3.8) is 0 Å². The summed E-state index contributed by atoms with van der Waals surface area (Å²) >= 11 is 0. The van der Waals surface area contributed by atoms with Crippen LogP contribution >= 0.6 is 0 Å². The Hall–Kier alpha value is -1.10. The first-order valence-electron chi connectivity index (χ1n) is 5.17. The third-order valence-corrected chi connectivity index (χ3v) is 2.82. The van der Waals surface area contributed by atoms with Crippen LogP contribution in [0.4, 0.5) is 0 Å². The van der Waals surface area contributed by atoms with E-state index < -0.39 is 11.5 Å². The van der Waals surface area contributed by atoms with E-state index in [1.165, 1.54) is 0 Å². The minimum absolute atomic E-state index is 0.187. The highest BCUT2D eigenvalue weighted by Gasteiger charge is 2.51. The number of aliphatic carboxylic acids is 1. The van der Waals surface area contributed by atoms with E-state index in [0.717, 1.165) is 0 Å². The van der Waals surface area contributed by atoms with Gasteiger partial charge >= 0.3 is 5.97 Å². The number of nitrogens with one attached hydrogen (secondary N) is 1. The van der Waals surface area contributed by atoms with E-state index in [2.05, 4.69) is 5.32 Å². The minimum atomic E-state index is -0.992. The fourth-order valence-corrected chi connectivity index (χ4v) is 1.29. The van der Waals surface area contributed by atoms with E-state index >= 15 is 0 Å². The first-order chi connectivity index (χ1) is 6.87. The summed E-state index contributed by atoms with van der Waals surface area (Å²) in [6.45, 7) is 3.87. The van der Waals surface area contributed by atoms with Crippen molar-refractivity contribution in [3.8, 4) is 0 Å². The van der Waals surface area contributed by atoms with Gasteiger partial charge in [-0.3, -0.25) is 4.79 Å². The maximum absolute atomic E-state index is 11.5. The molecule has 15 heavy (non-hydrogen) atoms. The maximum atomic E-state index is 11.5. The van der Waals surface area contributed by atoms with Crippen molar-refractivity contribution in [1.29, 1.82) is 0 Å². The highest BCUT2D eigenvalue weighted by molar-refractivity contribution is 5.89. The van der Waals surface area contributed by atoms with E-state index in [4.69, 9.17) is 10.8 Å². The molecule has 5 nitrogen and oxygen atoms in total. The van der Waals surface area contributed by atoms with Crippen LogP contribution in [-0.4, -0.2) is 28.6 Å². The fourth-order valence-electron chi connectivity index (χ4n) is 1.29. The van der Waals surface area contributed by atoms with E-state index in [-0.39, 0.29) is 24.3 Å². The molecule has 4 N–H and O–H groups in total. The number of rotatable bonds is 5. The Labute approximate surface area is 89.0 Å². The van der Waals surface area contributed by atoms with Crippen LogP contribution in [0.2, 0.25) is 0 Å². The Bertz CT molecular complexity index is 272.